The standard InChI is InChI=1S/C15H27NO3S/c1-11(2)12(6-7-14(17)18)8-9-16-15(19)13-5-3-4-10-20-13/h11-13H,3-10H2,1-2H3,(H,16,19)(H,17,18). The maximum absolute atomic E-state index is 12.0. The van der Waals surface area contributed by atoms with Crippen LogP contribution in [0.15, 0.2) is 0 Å². The topological polar surface area (TPSA) is 66.4 Å². The third-order valence-electron chi connectivity index (χ3n) is 3.96. The number of thioether (sulfide) groups is 1. The van der Waals surface area contributed by atoms with Crippen LogP contribution in [0.25, 0.3) is 0 Å². The van der Waals surface area contributed by atoms with Crippen LogP contribution >= 0.6 is 11.8 Å². The fourth-order valence-electron chi connectivity index (χ4n) is 2.56. The van der Waals surface area contributed by atoms with Gasteiger partial charge in [0.2, 0.25) is 5.91 Å². The summed E-state index contributed by atoms with van der Waals surface area (Å²) in [6, 6.07) is 0. The molecule has 0 saturated carbocycles. The number of amides is 1. The van der Waals surface area contributed by atoms with Crippen molar-refractivity contribution < 1.29 is 14.7 Å². The molecule has 1 fully saturated rings. The summed E-state index contributed by atoms with van der Waals surface area (Å²) in [5.41, 5.74) is 0. The Hall–Kier alpha value is -0.710. The molecule has 1 heterocycles. The Bertz CT molecular complexity index is 314. The summed E-state index contributed by atoms with van der Waals surface area (Å²) in [5, 5.41) is 11.9. The maximum atomic E-state index is 12.0. The van der Waals surface area contributed by atoms with Crippen LogP contribution < -0.4 is 5.32 Å². The van der Waals surface area contributed by atoms with E-state index in [4.69, 9.17) is 5.11 Å². The highest BCUT2D eigenvalue weighted by atomic mass is 32.2. The second kappa shape index (κ2) is 9.27. The molecule has 0 aromatic carbocycles. The van der Waals surface area contributed by atoms with Crippen LogP contribution in [0.3, 0.4) is 0 Å². The van der Waals surface area contributed by atoms with E-state index in [2.05, 4.69) is 19.2 Å². The Kier molecular flexibility index (Phi) is 8.04. The minimum Gasteiger partial charge on any atom is -0.481 e. The lowest BCUT2D eigenvalue weighted by molar-refractivity contribution is -0.137. The van der Waals surface area contributed by atoms with Crippen molar-refractivity contribution in [2.45, 2.75) is 57.6 Å². The molecule has 2 N–H and O–H groups in total. The van der Waals surface area contributed by atoms with Crippen molar-refractivity contribution in [1.82, 2.24) is 5.32 Å². The van der Waals surface area contributed by atoms with E-state index in [0.29, 0.717) is 24.8 Å². The molecule has 2 unspecified atom stereocenters. The Morgan fingerprint density at radius 3 is 2.60 bits per heavy atom. The molecule has 0 spiro atoms. The Morgan fingerprint density at radius 1 is 1.30 bits per heavy atom. The zero-order valence-electron chi connectivity index (χ0n) is 12.6. The monoisotopic (exact) mass is 301 g/mol. The fraction of sp³-hybridized carbons (Fsp3) is 0.867. The third kappa shape index (κ3) is 6.64. The first-order chi connectivity index (χ1) is 9.50. The van der Waals surface area contributed by atoms with Gasteiger partial charge in [0, 0.05) is 13.0 Å². The van der Waals surface area contributed by atoms with E-state index in [-0.39, 0.29) is 17.6 Å². The smallest absolute Gasteiger partial charge is 0.303 e. The SMILES string of the molecule is CC(C)C(CCNC(=O)C1CCCCS1)CCC(=O)O. The van der Waals surface area contributed by atoms with Gasteiger partial charge in [-0.2, -0.15) is 0 Å². The number of carbonyl (C=O) groups excluding carboxylic acids is 1. The van der Waals surface area contributed by atoms with Crippen molar-refractivity contribution in [3.8, 4) is 0 Å². The molecule has 0 aromatic rings. The Balaban J connectivity index is 2.25. The summed E-state index contributed by atoms with van der Waals surface area (Å²) < 4.78 is 0. The molecule has 1 rings (SSSR count). The molecule has 2 atom stereocenters. The van der Waals surface area contributed by atoms with Crippen LogP contribution in [0.5, 0.6) is 0 Å². The van der Waals surface area contributed by atoms with Crippen molar-refractivity contribution in [2.24, 2.45) is 11.8 Å². The molecule has 1 saturated heterocycles. The highest BCUT2D eigenvalue weighted by Gasteiger charge is 2.22. The highest BCUT2D eigenvalue weighted by Crippen LogP contribution is 2.25. The average molecular weight is 301 g/mol. The fourth-order valence-corrected chi connectivity index (χ4v) is 3.79. The van der Waals surface area contributed by atoms with Gasteiger partial charge >= 0.3 is 5.97 Å². The average Bonchev–Trinajstić information content (AvgIpc) is 2.42. The van der Waals surface area contributed by atoms with Gasteiger partial charge < -0.3 is 10.4 Å². The molecule has 116 valence electrons. The van der Waals surface area contributed by atoms with Crippen molar-refractivity contribution >= 4 is 23.6 Å². The Morgan fingerprint density at radius 2 is 2.05 bits per heavy atom. The van der Waals surface area contributed by atoms with E-state index >= 15 is 0 Å². The molecule has 0 radical (unpaired) electrons. The number of hydrogen-bond acceptors (Lipinski definition) is 3. The van der Waals surface area contributed by atoms with E-state index in [1.54, 1.807) is 11.8 Å². The molecule has 0 bridgehead atoms. The number of carbonyl (C=O) groups is 2. The lowest BCUT2D eigenvalue weighted by atomic mass is 9.88. The summed E-state index contributed by atoms with van der Waals surface area (Å²) in [6.07, 6.45) is 5.14. The lowest BCUT2D eigenvalue weighted by Crippen LogP contribution is -2.35. The third-order valence-corrected chi connectivity index (χ3v) is 5.33. The first-order valence-electron chi connectivity index (χ1n) is 7.61. The molecule has 1 aliphatic rings. The number of hydrogen-bond donors (Lipinski definition) is 2. The highest BCUT2D eigenvalue weighted by molar-refractivity contribution is 8.00. The van der Waals surface area contributed by atoms with Crippen LogP contribution in [-0.2, 0) is 9.59 Å². The van der Waals surface area contributed by atoms with Gasteiger partial charge in [-0.1, -0.05) is 20.3 Å². The van der Waals surface area contributed by atoms with Gasteiger partial charge in [0.25, 0.3) is 0 Å². The van der Waals surface area contributed by atoms with Crippen molar-refractivity contribution in [3.05, 3.63) is 0 Å². The van der Waals surface area contributed by atoms with Crippen LogP contribution in [0, 0.1) is 11.8 Å². The summed E-state index contributed by atoms with van der Waals surface area (Å²) in [5.74, 6) is 1.33. The molecule has 5 heteroatoms. The predicted octanol–water partition coefficient (Wildman–Crippen LogP) is 2.92. The largest absolute Gasteiger partial charge is 0.481 e. The van der Waals surface area contributed by atoms with E-state index in [1.807, 2.05) is 0 Å². The van der Waals surface area contributed by atoms with Gasteiger partial charge in [-0.25, -0.2) is 0 Å². The molecule has 0 aliphatic carbocycles. The first kappa shape index (κ1) is 17.3. The maximum Gasteiger partial charge on any atom is 0.303 e. The quantitative estimate of drug-likeness (QED) is 0.723. The molecule has 1 amide bonds. The normalized spacial score (nSPS) is 20.6. The number of nitrogens with one attached hydrogen (secondary N) is 1. The van der Waals surface area contributed by atoms with Gasteiger partial charge in [0.15, 0.2) is 0 Å². The number of carboxylic acids is 1. The van der Waals surface area contributed by atoms with Crippen LogP contribution in [0.1, 0.15) is 52.4 Å². The zero-order valence-corrected chi connectivity index (χ0v) is 13.4. The molecule has 0 aromatic heterocycles. The molecule has 20 heavy (non-hydrogen) atoms. The number of carboxylic acid groups (broad SMARTS) is 1. The zero-order chi connectivity index (χ0) is 15.0. The summed E-state index contributed by atoms with van der Waals surface area (Å²) in [4.78, 5) is 22.6. The van der Waals surface area contributed by atoms with Gasteiger partial charge in [0.05, 0.1) is 5.25 Å². The van der Waals surface area contributed by atoms with E-state index in [9.17, 15) is 9.59 Å². The van der Waals surface area contributed by atoms with E-state index in [1.165, 1.54) is 6.42 Å². The van der Waals surface area contributed by atoms with Crippen LogP contribution in [-0.4, -0.2) is 34.5 Å². The summed E-state index contributed by atoms with van der Waals surface area (Å²) in [6.45, 7) is 4.90. The second-order valence-electron chi connectivity index (χ2n) is 5.87. The second-order valence-corrected chi connectivity index (χ2v) is 7.18. The minimum atomic E-state index is -0.738. The van der Waals surface area contributed by atoms with Gasteiger partial charge in [0.1, 0.15) is 0 Å². The van der Waals surface area contributed by atoms with Gasteiger partial charge in [-0.15, -0.1) is 11.8 Å². The van der Waals surface area contributed by atoms with Crippen LogP contribution in [0.2, 0.25) is 0 Å². The van der Waals surface area contributed by atoms with Crippen molar-refractivity contribution in [1.29, 1.82) is 0 Å². The summed E-state index contributed by atoms with van der Waals surface area (Å²) >= 11 is 1.76. The van der Waals surface area contributed by atoms with Crippen molar-refractivity contribution in [3.63, 3.8) is 0 Å². The van der Waals surface area contributed by atoms with Gasteiger partial charge in [-0.05, 0) is 43.3 Å². The Labute approximate surface area is 126 Å². The van der Waals surface area contributed by atoms with Crippen molar-refractivity contribution in [2.75, 3.05) is 12.3 Å². The minimum absolute atomic E-state index is 0.125. The number of rotatable bonds is 8. The molecule has 1 aliphatic heterocycles. The van der Waals surface area contributed by atoms with E-state index in [0.717, 1.165) is 25.0 Å². The summed E-state index contributed by atoms with van der Waals surface area (Å²) in [7, 11) is 0. The first-order valence-corrected chi connectivity index (χ1v) is 8.66. The lowest BCUT2D eigenvalue weighted by Gasteiger charge is -2.23. The molecular formula is C15H27NO3S. The van der Waals surface area contributed by atoms with Crippen LogP contribution in [0.4, 0.5) is 0 Å². The van der Waals surface area contributed by atoms with E-state index < -0.39 is 5.97 Å². The molecule has 4 nitrogen and oxygen atoms in total. The number of aliphatic carboxylic acids is 1. The predicted molar refractivity (Wildman–Crippen MR) is 82.9 cm³/mol. The molecular weight excluding hydrogens is 274 g/mol. The van der Waals surface area contributed by atoms with Gasteiger partial charge in [-0.3, -0.25) is 9.59 Å².